The zero-order valence-electron chi connectivity index (χ0n) is 10.1. The Morgan fingerprint density at radius 2 is 1.76 bits per heavy atom. The van der Waals surface area contributed by atoms with Gasteiger partial charge >= 0.3 is 0 Å². The van der Waals surface area contributed by atoms with E-state index in [-0.39, 0.29) is 12.6 Å². The average molecular weight is 234 g/mol. The molecule has 0 spiro atoms. The molecule has 4 heteroatoms. The number of hydrogen-bond donors (Lipinski definition) is 1. The van der Waals surface area contributed by atoms with E-state index in [1.807, 2.05) is 6.92 Å². The summed E-state index contributed by atoms with van der Waals surface area (Å²) in [6.45, 7) is 6.19. The molecule has 2 fully saturated rings. The lowest BCUT2D eigenvalue weighted by Crippen LogP contribution is -2.43. The van der Waals surface area contributed by atoms with Crippen LogP contribution in [0, 0.1) is 0 Å². The molecule has 0 unspecified atom stereocenters. The fourth-order valence-corrected chi connectivity index (χ4v) is 2.28. The van der Waals surface area contributed by atoms with Crippen molar-refractivity contribution in [2.24, 2.45) is 0 Å². The quantitative estimate of drug-likeness (QED) is 0.840. The van der Waals surface area contributed by atoms with Crippen LogP contribution in [-0.4, -0.2) is 32.5 Å². The third kappa shape index (κ3) is 2.29. The van der Waals surface area contributed by atoms with E-state index in [1.165, 1.54) is 5.69 Å². The Balaban J connectivity index is 1.67. The number of hydrogen-bond acceptors (Lipinski definition) is 4. The standard InChI is InChI=1S/C13H18N2O2/c1-10-16-13(17-10)11-2-4-12(5-3-11)15-8-6-14-7-9-15/h2-5,10,13-14H,6-9H2,1H3. The normalized spacial score (nSPS) is 28.9. The lowest BCUT2D eigenvalue weighted by Gasteiger charge is -2.34. The smallest absolute Gasteiger partial charge is 0.189 e. The molecule has 17 heavy (non-hydrogen) atoms. The second kappa shape index (κ2) is 4.64. The molecule has 0 saturated carbocycles. The van der Waals surface area contributed by atoms with Crippen molar-refractivity contribution in [2.45, 2.75) is 19.5 Å². The molecule has 3 rings (SSSR count). The Morgan fingerprint density at radius 3 is 2.35 bits per heavy atom. The van der Waals surface area contributed by atoms with Crippen LogP contribution in [0.1, 0.15) is 18.8 Å². The fraction of sp³-hybridized carbons (Fsp3) is 0.538. The molecule has 0 aromatic heterocycles. The van der Waals surface area contributed by atoms with Crippen LogP contribution in [-0.2, 0) is 9.47 Å². The lowest BCUT2D eigenvalue weighted by molar-refractivity contribution is -0.382. The summed E-state index contributed by atoms with van der Waals surface area (Å²) in [7, 11) is 0. The highest BCUT2D eigenvalue weighted by Crippen LogP contribution is 2.32. The molecule has 0 bridgehead atoms. The van der Waals surface area contributed by atoms with Gasteiger partial charge in [0, 0.05) is 37.4 Å². The third-order valence-corrected chi connectivity index (χ3v) is 3.28. The van der Waals surface area contributed by atoms with Gasteiger partial charge in [-0.1, -0.05) is 12.1 Å². The number of piperazine rings is 1. The van der Waals surface area contributed by atoms with E-state index in [1.54, 1.807) is 0 Å². The predicted octanol–water partition coefficient (Wildman–Crippen LogP) is 1.49. The molecule has 0 aliphatic carbocycles. The first kappa shape index (κ1) is 11.0. The summed E-state index contributed by atoms with van der Waals surface area (Å²) < 4.78 is 10.9. The third-order valence-electron chi connectivity index (χ3n) is 3.28. The number of ether oxygens (including phenoxy) is 2. The minimum absolute atomic E-state index is 0.0622. The van der Waals surface area contributed by atoms with Crippen LogP contribution >= 0.6 is 0 Å². The summed E-state index contributed by atoms with van der Waals surface area (Å²) >= 11 is 0. The number of rotatable bonds is 2. The molecule has 1 N–H and O–H groups in total. The Morgan fingerprint density at radius 1 is 1.12 bits per heavy atom. The zero-order valence-corrected chi connectivity index (χ0v) is 10.1. The molecule has 0 amide bonds. The molecule has 2 heterocycles. The lowest BCUT2D eigenvalue weighted by atomic mass is 10.1. The number of benzene rings is 1. The van der Waals surface area contributed by atoms with E-state index in [4.69, 9.17) is 9.47 Å². The highest BCUT2D eigenvalue weighted by Gasteiger charge is 2.28. The highest BCUT2D eigenvalue weighted by atomic mass is 16.9. The summed E-state index contributed by atoms with van der Waals surface area (Å²) in [5, 5.41) is 3.36. The maximum absolute atomic E-state index is 5.46. The van der Waals surface area contributed by atoms with Crippen molar-refractivity contribution in [3.8, 4) is 0 Å². The second-order valence-electron chi connectivity index (χ2n) is 4.50. The van der Waals surface area contributed by atoms with Gasteiger partial charge in [0.25, 0.3) is 0 Å². The molecule has 1 aromatic carbocycles. The monoisotopic (exact) mass is 234 g/mol. The zero-order chi connectivity index (χ0) is 11.7. The van der Waals surface area contributed by atoms with Crippen LogP contribution in [0.15, 0.2) is 24.3 Å². The molecular formula is C13H18N2O2. The van der Waals surface area contributed by atoms with Crippen molar-refractivity contribution < 1.29 is 9.47 Å². The first-order valence-electron chi connectivity index (χ1n) is 6.19. The van der Waals surface area contributed by atoms with E-state index < -0.39 is 0 Å². The molecule has 2 aliphatic heterocycles. The van der Waals surface area contributed by atoms with Crippen molar-refractivity contribution in [1.29, 1.82) is 0 Å². The van der Waals surface area contributed by atoms with Gasteiger partial charge in [0.15, 0.2) is 12.6 Å². The Kier molecular flexibility index (Phi) is 3.01. The Bertz CT molecular complexity index is 368. The molecule has 2 aliphatic rings. The van der Waals surface area contributed by atoms with E-state index in [0.29, 0.717) is 0 Å². The van der Waals surface area contributed by atoms with Crippen molar-refractivity contribution in [1.82, 2.24) is 5.32 Å². The molecule has 4 nitrogen and oxygen atoms in total. The van der Waals surface area contributed by atoms with Gasteiger partial charge in [0.05, 0.1) is 0 Å². The van der Waals surface area contributed by atoms with Crippen molar-refractivity contribution in [2.75, 3.05) is 31.1 Å². The maximum Gasteiger partial charge on any atom is 0.189 e. The summed E-state index contributed by atoms with van der Waals surface area (Å²) in [5.74, 6) is 0. The van der Waals surface area contributed by atoms with Gasteiger partial charge in [-0.25, -0.2) is 0 Å². The molecule has 0 radical (unpaired) electrons. The average Bonchev–Trinajstić information content (AvgIpc) is 2.36. The summed E-state index contributed by atoms with van der Waals surface area (Å²) in [6, 6.07) is 8.48. The van der Waals surface area contributed by atoms with Gasteiger partial charge in [-0.3, -0.25) is 0 Å². The fourth-order valence-electron chi connectivity index (χ4n) is 2.28. The van der Waals surface area contributed by atoms with E-state index >= 15 is 0 Å². The number of anilines is 1. The van der Waals surface area contributed by atoms with E-state index in [0.717, 1.165) is 31.7 Å². The summed E-state index contributed by atoms with van der Waals surface area (Å²) in [5.41, 5.74) is 2.38. The van der Waals surface area contributed by atoms with Gasteiger partial charge in [-0.05, 0) is 19.1 Å². The van der Waals surface area contributed by atoms with Crippen LogP contribution in [0.4, 0.5) is 5.69 Å². The SMILES string of the molecule is CC1OC(c2ccc(N3CCNCC3)cc2)O1. The molecule has 0 atom stereocenters. The minimum Gasteiger partial charge on any atom is -0.369 e. The second-order valence-corrected chi connectivity index (χ2v) is 4.50. The van der Waals surface area contributed by atoms with Crippen molar-refractivity contribution in [3.63, 3.8) is 0 Å². The Hall–Kier alpha value is -1.10. The number of nitrogens with zero attached hydrogens (tertiary/aromatic N) is 1. The number of nitrogens with one attached hydrogen (secondary N) is 1. The molecular weight excluding hydrogens is 216 g/mol. The van der Waals surface area contributed by atoms with E-state index in [2.05, 4.69) is 34.5 Å². The topological polar surface area (TPSA) is 33.7 Å². The van der Waals surface area contributed by atoms with Gasteiger partial charge in [0.2, 0.25) is 0 Å². The minimum atomic E-state index is -0.165. The van der Waals surface area contributed by atoms with Gasteiger partial charge in [-0.2, -0.15) is 0 Å². The van der Waals surface area contributed by atoms with Gasteiger partial charge in [-0.15, -0.1) is 0 Å². The van der Waals surface area contributed by atoms with Crippen LogP contribution in [0.3, 0.4) is 0 Å². The van der Waals surface area contributed by atoms with Gasteiger partial charge < -0.3 is 19.7 Å². The molecule has 1 aromatic rings. The largest absolute Gasteiger partial charge is 0.369 e. The van der Waals surface area contributed by atoms with Gasteiger partial charge in [0.1, 0.15) is 0 Å². The molecule has 92 valence electrons. The van der Waals surface area contributed by atoms with Crippen LogP contribution < -0.4 is 10.2 Å². The molecule has 2 saturated heterocycles. The first-order valence-corrected chi connectivity index (χ1v) is 6.19. The summed E-state index contributed by atoms with van der Waals surface area (Å²) in [4.78, 5) is 2.39. The van der Waals surface area contributed by atoms with Crippen LogP contribution in [0.2, 0.25) is 0 Å². The highest BCUT2D eigenvalue weighted by molar-refractivity contribution is 5.48. The van der Waals surface area contributed by atoms with Crippen LogP contribution in [0.5, 0.6) is 0 Å². The van der Waals surface area contributed by atoms with Crippen LogP contribution in [0.25, 0.3) is 0 Å². The van der Waals surface area contributed by atoms with E-state index in [9.17, 15) is 0 Å². The predicted molar refractivity (Wildman–Crippen MR) is 65.9 cm³/mol. The van der Waals surface area contributed by atoms with Crippen molar-refractivity contribution in [3.05, 3.63) is 29.8 Å². The summed E-state index contributed by atoms with van der Waals surface area (Å²) in [6.07, 6.45) is -0.227. The van der Waals surface area contributed by atoms with Crippen molar-refractivity contribution >= 4 is 5.69 Å². The first-order chi connectivity index (χ1) is 8.33. The Labute approximate surface area is 102 Å². The maximum atomic E-state index is 5.46.